The van der Waals surface area contributed by atoms with Gasteiger partial charge < -0.3 is 14.2 Å². The number of rotatable bonds is 4. The van der Waals surface area contributed by atoms with Gasteiger partial charge in [-0.05, 0) is 18.2 Å². The van der Waals surface area contributed by atoms with E-state index in [9.17, 15) is 19.2 Å². The minimum atomic E-state index is -0.953. The van der Waals surface area contributed by atoms with E-state index in [0.29, 0.717) is 10.9 Å². The van der Waals surface area contributed by atoms with Crippen molar-refractivity contribution < 1.29 is 33.4 Å². The van der Waals surface area contributed by atoms with Crippen LogP contribution in [-0.4, -0.2) is 42.6 Å². The maximum atomic E-state index is 12.2. The Morgan fingerprint density at radius 3 is 2.04 bits per heavy atom. The zero-order valence-electron chi connectivity index (χ0n) is 14.7. The van der Waals surface area contributed by atoms with Crippen LogP contribution >= 0.6 is 0 Å². The Morgan fingerprint density at radius 2 is 1.54 bits per heavy atom. The Bertz CT molecular complexity index is 918. The number of esters is 3. The number of carbonyl (C=O) groups is 4. The number of benzene rings is 1. The van der Waals surface area contributed by atoms with Gasteiger partial charge in [0.1, 0.15) is 5.57 Å². The number of carbonyl (C=O) groups excluding carboxylic acids is 4. The highest BCUT2D eigenvalue weighted by Crippen LogP contribution is 2.35. The van der Waals surface area contributed by atoms with Crippen molar-refractivity contribution in [3.8, 4) is 5.75 Å². The zero-order chi connectivity index (χ0) is 19.4. The molecule has 0 aliphatic carbocycles. The molecular weight excluding hydrogens is 342 g/mol. The van der Waals surface area contributed by atoms with Gasteiger partial charge in [0.15, 0.2) is 5.75 Å². The lowest BCUT2D eigenvalue weighted by Gasteiger charge is -2.08. The first kappa shape index (κ1) is 18.9. The molecule has 0 saturated carbocycles. The standard InChI is InChI=1S/C18H17NO7/c1-10(20)19-14-8-6-5-7-12(14)16(26-11(2)21)15(19)9-13(17(22)24-3)18(23)25-4/h5-9H,1-4H3. The predicted molar refractivity (Wildman–Crippen MR) is 91.6 cm³/mol. The zero-order valence-corrected chi connectivity index (χ0v) is 14.7. The first-order valence-electron chi connectivity index (χ1n) is 7.53. The molecular formula is C18H17NO7. The Morgan fingerprint density at radius 1 is 0.962 bits per heavy atom. The maximum absolute atomic E-state index is 12.2. The van der Waals surface area contributed by atoms with Gasteiger partial charge in [-0.3, -0.25) is 14.2 Å². The summed E-state index contributed by atoms with van der Waals surface area (Å²) in [6, 6.07) is 6.71. The highest BCUT2D eigenvalue weighted by Gasteiger charge is 2.26. The molecule has 0 radical (unpaired) electrons. The molecule has 8 heteroatoms. The molecule has 1 aromatic heterocycles. The van der Waals surface area contributed by atoms with E-state index in [1.807, 2.05) is 0 Å². The quantitative estimate of drug-likeness (QED) is 0.356. The molecule has 0 unspecified atom stereocenters. The van der Waals surface area contributed by atoms with Crippen LogP contribution in [-0.2, 0) is 23.9 Å². The molecule has 2 rings (SSSR count). The SMILES string of the molecule is COC(=O)C(=Cc1c(OC(C)=O)c2ccccc2n1C(C)=O)C(=O)OC. The van der Waals surface area contributed by atoms with Gasteiger partial charge in [-0.1, -0.05) is 12.1 Å². The third-order valence-electron chi connectivity index (χ3n) is 3.52. The van der Waals surface area contributed by atoms with E-state index in [1.165, 1.54) is 18.4 Å². The summed E-state index contributed by atoms with van der Waals surface area (Å²) in [6.07, 6.45) is 1.11. The summed E-state index contributed by atoms with van der Waals surface area (Å²) in [5, 5.41) is 0.471. The van der Waals surface area contributed by atoms with Crippen molar-refractivity contribution in [3.05, 3.63) is 35.5 Å². The molecule has 0 spiro atoms. The number of aromatic nitrogens is 1. The normalized spacial score (nSPS) is 10.2. The average Bonchev–Trinajstić information content (AvgIpc) is 2.91. The van der Waals surface area contributed by atoms with Crippen molar-refractivity contribution in [1.82, 2.24) is 4.57 Å². The summed E-state index contributed by atoms with van der Waals surface area (Å²) in [5.74, 6) is -2.88. The molecule has 0 saturated heterocycles. The first-order chi connectivity index (χ1) is 12.3. The lowest BCUT2D eigenvalue weighted by atomic mass is 10.2. The largest absolute Gasteiger partial charge is 0.465 e. The molecule has 0 amide bonds. The number of hydrogen-bond donors (Lipinski definition) is 0. The minimum absolute atomic E-state index is 0.0496. The van der Waals surface area contributed by atoms with E-state index in [4.69, 9.17) is 4.74 Å². The lowest BCUT2D eigenvalue weighted by molar-refractivity contribution is -0.143. The fraction of sp³-hybridized carbons (Fsp3) is 0.222. The van der Waals surface area contributed by atoms with Gasteiger partial charge in [-0.2, -0.15) is 0 Å². The number of para-hydroxylation sites is 1. The number of ether oxygens (including phenoxy) is 3. The van der Waals surface area contributed by atoms with E-state index >= 15 is 0 Å². The summed E-state index contributed by atoms with van der Waals surface area (Å²) >= 11 is 0. The molecule has 0 fully saturated rings. The first-order valence-corrected chi connectivity index (χ1v) is 7.53. The average molecular weight is 359 g/mol. The molecule has 0 atom stereocenters. The van der Waals surface area contributed by atoms with Crippen molar-refractivity contribution in [2.45, 2.75) is 13.8 Å². The van der Waals surface area contributed by atoms with Crippen LogP contribution < -0.4 is 4.74 Å². The maximum Gasteiger partial charge on any atom is 0.345 e. The van der Waals surface area contributed by atoms with E-state index < -0.39 is 29.4 Å². The van der Waals surface area contributed by atoms with Crippen LogP contribution in [0, 0.1) is 0 Å². The van der Waals surface area contributed by atoms with Crippen LogP contribution in [0.1, 0.15) is 24.3 Å². The van der Waals surface area contributed by atoms with Gasteiger partial charge in [-0.15, -0.1) is 0 Å². The van der Waals surface area contributed by atoms with Crippen LogP contribution in [0.5, 0.6) is 5.75 Å². The molecule has 2 aromatic rings. The Labute approximate surface area is 148 Å². The van der Waals surface area contributed by atoms with Gasteiger partial charge >= 0.3 is 17.9 Å². The monoisotopic (exact) mass is 359 g/mol. The van der Waals surface area contributed by atoms with Crippen LogP contribution in [0.25, 0.3) is 17.0 Å². The molecule has 1 heterocycles. The summed E-state index contributed by atoms with van der Waals surface area (Å²) in [7, 11) is 2.21. The smallest absolute Gasteiger partial charge is 0.345 e. The second-order valence-corrected chi connectivity index (χ2v) is 5.22. The molecule has 0 bridgehead atoms. The number of hydrogen-bond acceptors (Lipinski definition) is 7. The molecule has 8 nitrogen and oxygen atoms in total. The van der Waals surface area contributed by atoms with Gasteiger partial charge in [0.05, 0.1) is 25.4 Å². The summed E-state index contributed by atoms with van der Waals surface area (Å²) < 4.78 is 15.7. The van der Waals surface area contributed by atoms with Gasteiger partial charge in [0.25, 0.3) is 0 Å². The highest BCUT2D eigenvalue weighted by atomic mass is 16.5. The van der Waals surface area contributed by atoms with Crippen molar-refractivity contribution in [3.63, 3.8) is 0 Å². The third kappa shape index (κ3) is 3.49. The fourth-order valence-corrected chi connectivity index (χ4v) is 2.51. The fourth-order valence-electron chi connectivity index (χ4n) is 2.51. The van der Waals surface area contributed by atoms with Gasteiger partial charge in [0.2, 0.25) is 5.91 Å². The molecule has 1 aromatic carbocycles. The van der Waals surface area contributed by atoms with Crippen LogP contribution in [0.3, 0.4) is 0 Å². The molecule has 0 N–H and O–H groups in total. The van der Waals surface area contributed by atoms with Crippen LogP contribution in [0.2, 0.25) is 0 Å². The third-order valence-corrected chi connectivity index (χ3v) is 3.52. The number of methoxy groups -OCH3 is 2. The van der Waals surface area contributed by atoms with E-state index in [0.717, 1.165) is 20.3 Å². The topological polar surface area (TPSA) is 101 Å². The lowest BCUT2D eigenvalue weighted by Crippen LogP contribution is -2.17. The second-order valence-electron chi connectivity index (χ2n) is 5.22. The van der Waals surface area contributed by atoms with E-state index in [2.05, 4.69) is 9.47 Å². The number of fused-ring (bicyclic) bond motifs is 1. The summed E-state index contributed by atoms with van der Waals surface area (Å²) in [6.45, 7) is 2.51. The van der Waals surface area contributed by atoms with E-state index in [-0.39, 0.29) is 11.4 Å². The summed E-state index contributed by atoms with van der Waals surface area (Å²) in [5.41, 5.74) is 0.0602. The number of nitrogens with zero attached hydrogens (tertiary/aromatic N) is 1. The van der Waals surface area contributed by atoms with Crippen LogP contribution in [0.15, 0.2) is 29.8 Å². The molecule has 136 valence electrons. The Kier molecular flexibility index (Phi) is 5.56. The van der Waals surface area contributed by atoms with Crippen molar-refractivity contribution >= 4 is 40.8 Å². The molecule has 0 aliphatic rings. The molecule has 0 aliphatic heterocycles. The van der Waals surface area contributed by atoms with E-state index in [1.54, 1.807) is 24.3 Å². The Balaban J connectivity index is 2.90. The second kappa shape index (κ2) is 7.64. The Hall–Kier alpha value is -3.42. The van der Waals surface area contributed by atoms with Crippen molar-refractivity contribution in [2.75, 3.05) is 14.2 Å². The predicted octanol–water partition coefficient (Wildman–Crippen LogP) is 1.96. The van der Waals surface area contributed by atoms with Crippen molar-refractivity contribution in [2.24, 2.45) is 0 Å². The minimum Gasteiger partial charge on any atom is -0.465 e. The summed E-state index contributed by atoms with van der Waals surface area (Å²) in [4.78, 5) is 47.6. The van der Waals surface area contributed by atoms with Crippen molar-refractivity contribution in [1.29, 1.82) is 0 Å². The van der Waals surface area contributed by atoms with Gasteiger partial charge in [-0.25, -0.2) is 9.59 Å². The van der Waals surface area contributed by atoms with Gasteiger partial charge in [0, 0.05) is 19.2 Å². The molecule has 26 heavy (non-hydrogen) atoms. The highest BCUT2D eigenvalue weighted by molar-refractivity contribution is 6.18. The van der Waals surface area contributed by atoms with Crippen LogP contribution in [0.4, 0.5) is 0 Å².